The molecule has 3 rings (SSSR count). The quantitative estimate of drug-likeness (QED) is 0.508. The van der Waals surface area contributed by atoms with Crippen molar-refractivity contribution in [2.45, 2.75) is 19.6 Å². The molecule has 1 aromatic heterocycles. The predicted molar refractivity (Wildman–Crippen MR) is 107 cm³/mol. The molecule has 0 bridgehead atoms. The van der Waals surface area contributed by atoms with Crippen molar-refractivity contribution in [3.63, 3.8) is 0 Å². The van der Waals surface area contributed by atoms with E-state index < -0.39 is 23.2 Å². The number of hydrogen-bond acceptors (Lipinski definition) is 3. The van der Waals surface area contributed by atoms with Crippen LogP contribution in [0.25, 0.3) is 0 Å². The summed E-state index contributed by atoms with van der Waals surface area (Å²) in [7, 11) is 0. The lowest BCUT2D eigenvalue weighted by atomic mass is 10.1. The van der Waals surface area contributed by atoms with Gasteiger partial charge in [-0.1, -0.05) is 48.0 Å². The van der Waals surface area contributed by atoms with Crippen LogP contribution in [0.4, 0.5) is 13.2 Å². The van der Waals surface area contributed by atoms with Crippen LogP contribution in [-0.4, -0.2) is 16.7 Å². The van der Waals surface area contributed by atoms with E-state index >= 15 is 0 Å². The van der Waals surface area contributed by atoms with E-state index in [2.05, 4.69) is 10.5 Å². The minimum atomic E-state index is -4.55. The fourth-order valence-corrected chi connectivity index (χ4v) is 2.93. The third kappa shape index (κ3) is 5.02. The van der Waals surface area contributed by atoms with Crippen molar-refractivity contribution < 1.29 is 18.0 Å². The Labute approximate surface area is 170 Å². The van der Waals surface area contributed by atoms with Gasteiger partial charge in [-0.25, -0.2) is 5.43 Å². The van der Waals surface area contributed by atoms with E-state index in [-0.39, 0.29) is 17.7 Å². The second kappa shape index (κ2) is 8.77. The fourth-order valence-electron chi connectivity index (χ4n) is 2.93. The molecule has 1 amide bonds. The highest BCUT2D eigenvalue weighted by atomic mass is 19.4. The molecule has 0 aliphatic heterocycles. The molecular formula is C22H18F3N3O2. The van der Waals surface area contributed by atoms with E-state index in [1.54, 1.807) is 12.3 Å². The van der Waals surface area contributed by atoms with E-state index in [1.807, 2.05) is 31.2 Å². The van der Waals surface area contributed by atoms with Crippen molar-refractivity contribution >= 4 is 12.1 Å². The summed E-state index contributed by atoms with van der Waals surface area (Å²) < 4.78 is 40.4. The van der Waals surface area contributed by atoms with Gasteiger partial charge in [-0.05, 0) is 30.7 Å². The summed E-state index contributed by atoms with van der Waals surface area (Å²) in [6.07, 6.45) is -2.09. The van der Waals surface area contributed by atoms with Gasteiger partial charge in [0.25, 0.3) is 11.5 Å². The van der Waals surface area contributed by atoms with Crippen molar-refractivity contribution in [3.8, 4) is 0 Å². The van der Waals surface area contributed by atoms with Gasteiger partial charge in [-0.2, -0.15) is 18.3 Å². The van der Waals surface area contributed by atoms with Gasteiger partial charge in [0.1, 0.15) is 5.56 Å². The molecule has 1 heterocycles. The number of nitrogens with zero attached hydrogens (tertiary/aromatic N) is 2. The van der Waals surface area contributed by atoms with Crippen molar-refractivity contribution in [3.05, 3.63) is 105 Å². The Hall–Kier alpha value is -3.68. The summed E-state index contributed by atoms with van der Waals surface area (Å²) in [5, 5.41) is 3.59. The SMILES string of the molecule is Cc1cccc(Cn2cccc(C(=O)N/N=C\c3ccccc3C(F)(F)F)c2=O)c1. The Morgan fingerprint density at radius 1 is 1.10 bits per heavy atom. The molecule has 5 nitrogen and oxygen atoms in total. The number of carbonyl (C=O) groups is 1. The smallest absolute Gasteiger partial charge is 0.310 e. The average Bonchev–Trinajstić information content (AvgIpc) is 2.69. The number of halogens is 3. The molecule has 0 aliphatic rings. The molecule has 8 heteroatoms. The first-order chi connectivity index (χ1) is 14.3. The summed E-state index contributed by atoms with van der Waals surface area (Å²) in [6, 6.07) is 15.3. The van der Waals surface area contributed by atoms with Gasteiger partial charge in [0, 0.05) is 11.8 Å². The molecule has 30 heavy (non-hydrogen) atoms. The number of aromatic nitrogens is 1. The number of aryl methyl sites for hydroxylation is 1. The second-order valence-electron chi connectivity index (χ2n) is 6.63. The topological polar surface area (TPSA) is 63.5 Å². The van der Waals surface area contributed by atoms with E-state index in [1.165, 1.54) is 28.8 Å². The summed E-state index contributed by atoms with van der Waals surface area (Å²) in [5.41, 5.74) is 2.30. The van der Waals surface area contributed by atoms with E-state index in [0.29, 0.717) is 0 Å². The summed E-state index contributed by atoms with van der Waals surface area (Å²) in [6.45, 7) is 2.22. The number of pyridine rings is 1. The highest BCUT2D eigenvalue weighted by Crippen LogP contribution is 2.31. The molecule has 0 unspecified atom stereocenters. The molecule has 0 spiro atoms. The minimum absolute atomic E-state index is 0.161. The lowest BCUT2D eigenvalue weighted by molar-refractivity contribution is -0.137. The van der Waals surface area contributed by atoms with Crippen molar-refractivity contribution in [2.75, 3.05) is 0 Å². The van der Waals surface area contributed by atoms with Crippen LogP contribution < -0.4 is 11.0 Å². The van der Waals surface area contributed by atoms with Crippen LogP contribution in [0, 0.1) is 6.92 Å². The first-order valence-corrected chi connectivity index (χ1v) is 9.00. The normalized spacial score (nSPS) is 11.6. The first-order valence-electron chi connectivity index (χ1n) is 9.00. The molecule has 0 saturated heterocycles. The van der Waals surface area contributed by atoms with E-state index in [9.17, 15) is 22.8 Å². The number of hydrogen-bond donors (Lipinski definition) is 1. The van der Waals surface area contributed by atoms with Crippen LogP contribution >= 0.6 is 0 Å². The maximum atomic E-state index is 13.0. The van der Waals surface area contributed by atoms with Gasteiger partial charge in [-0.3, -0.25) is 9.59 Å². The minimum Gasteiger partial charge on any atom is -0.310 e. The lowest BCUT2D eigenvalue weighted by Gasteiger charge is -2.09. The maximum Gasteiger partial charge on any atom is 0.417 e. The van der Waals surface area contributed by atoms with Gasteiger partial charge in [0.2, 0.25) is 0 Å². The van der Waals surface area contributed by atoms with Crippen molar-refractivity contribution in [1.29, 1.82) is 0 Å². The number of nitrogens with one attached hydrogen (secondary N) is 1. The number of carbonyl (C=O) groups excluding carboxylic acids is 1. The molecule has 0 radical (unpaired) electrons. The molecule has 0 atom stereocenters. The Balaban J connectivity index is 1.77. The predicted octanol–water partition coefficient (Wildman–Crippen LogP) is 3.99. The zero-order valence-electron chi connectivity index (χ0n) is 16.0. The second-order valence-corrected chi connectivity index (χ2v) is 6.63. The standard InChI is InChI=1S/C22H18F3N3O2/c1-15-6-4-7-16(12-15)14-28-11-5-9-18(21(28)30)20(29)27-26-13-17-8-2-3-10-19(17)22(23,24)25/h2-13H,14H2,1H3,(H,27,29)/b26-13-. The van der Waals surface area contributed by atoms with Crippen LogP contribution in [0.2, 0.25) is 0 Å². The molecule has 0 fully saturated rings. The summed E-state index contributed by atoms with van der Waals surface area (Å²) >= 11 is 0. The number of benzene rings is 2. The molecule has 2 aromatic carbocycles. The lowest BCUT2D eigenvalue weighted by Crippen LogP contribution is -2.31. The van der Waals surface area contributed by atoms with Crippen molar-refractivity contribution in [2.24, 2.45) is 5.10 Å². The molecule has 3 aromatic rings. The zero-order chi connectivity index (χ0) is 21.7. The number of amides is 1. The molecule has 154 valence electrons. The molecule has 0 saturated carbocycles. The van der Waals surface area contributed by atoms with Crippen LogP contribution in [0.15, 0.2) is 76.8 Å². The third-order valence-corrected chi connectivity index (χ3v) is 4.34. The maximum absolute atomic E-state index is 13.0. The van der Waals surface area contributed by atoms with Gasteiger partial charge in [0.15, 0.2) is 0 Å². The van der Waals surface area contributed by atoms with Gasteiger partial charge in [0.05, 0.1) is 18.3 Å². The molecular weight excluding hydrogens is 395 g/mol. The molecule has 0 aliphatic carbocycles. The highest BCUT2D eigenvalue weighted by Gasteiger charge is 2.32. The number of alkyl halides is 3. The molecule has 1 N–H and O–H groups in total. The van der Waals surface area contributed by atoms with Crippen LogP contribution in [0.1, 0.15) is 32.6 Å². The van der Waals surface area contributed by atoms with Gasteiger partial charge in [-0.15, -0.1) is 0 Å². The van der Waals surface area contributed by atoms with Crippen LogP contribution in [0.5, 0.6) is 0 Å². The third-order valence-electron chi connectivity index (χ3n) is 4.34. The Bertz CT molecular complexity index is 1150. The van der Waals surface area contributed by atoms with Gasteiger partial charge >= 0.3 is 6.18 Å². The zero-order valence-corrected chi connectivity index (χ0v) is 16.0. The van der Waals surface area contributed by atoms with E-state index in [0.717, 1.165) is 23.4 Å². The summed E-state index contributed by atoms with van der Waals surface area (Å²) in [5.74, 6) is -0.806. The fraction of sp³-hybridized carbons (Fsp3) is 0.136. The van der Waals surface area contributed by atoms with Gasteiger partial charge < -0.3 is 4.57 Å². The number of hydrazone groups is 1. The number of rotatable bonds is 5. The van der Waals surface area contributed by atoms with Crippen molar-refractivity contribution in [1.82, 2.24) is 9.99 Å². The van der Waals surface area contributed by atoms with Crippen LogP contribution in [0.3, 0.4) is 0 Å². The Kier molecular flexibility index (Phi) is 6.15. The average molecular weight is 413 g/mol. The first kappa shape index (κ1) is 21.0. The Morgan fingerprint density at radius 3 is 2.60 bits per heavy atom. The largest absolute Gasteiger partial charge is 0.417 e. The Morgan fingerprint density at radius 2 is 1.87 bits per heavy atom. The van der Waals surface area contributed by atoms with E-state index in [4.69, 9.17) is 0 Å². The van der Waals surface area contributed by atoms with Crippen LogP contribution in [-0.2, 0) is 12.7 Å². The monoisotopic (exact) mass is 413 g/mol. The summed E-state index contributed by atoms with van der Waals surface area (Å²) in [4.78, 5) is 25.0. The highest BCUT2D eigenvalue weighted by molar-refractivity contribution is 5.94.